The maximum absolute atomic E-state index is 12.8. The highest BCUT2D eigenvalue weighted by molar-refractivity contribution is 5.89. The molecule has 3 unspecified atom stereocenters. The molecule has 3 atom stereocenters. The average Bonchev–Trinajstić information content (AvgIpc) is 3.05. The lowest BCUT2D eigenvalue weighted by Gasteiger charge is -2.36. The van der Waals surface area contributed by atoms with Crippen LogP contribution in [0.3, 0.4) is 0 Å². The Morgan fingerprint density at radius 3 is 2.32 bits per heavy atom. The van der Waals surface area contributed by atoms with Gasteiger partial charge in [-0.05, 0) is 39.8 Å². The smallest absolute Gasteiger partial charge is 0.227 e. The SMILES string of the molecule is CN(C)CCN1CC(C(=O)N(C)C2CC3CCC(C2)N3)CC1=O.Cl.Cl. The lowest BCUT2D eigenvalue weighted by atomic mass is 9.97. The third kappa shape index (κ3) is 5.22. The topological polar surface area (TPSA) is 55.9 Å². The summed E-state index contributed by atoms with van der Waals surface area (Å²) in [5.41, 5.74) is 0. The van der Waals surface area contributed by atoms with Crippen molar-refractivity contribution in [2.24, 2.45) is 5.92 Å². The molecule has 0 aromatic heterocycles. The Labute approximate surface area is 163 Å². The van der Waals surface area contributed by atoms with Crippen LogP contribution in [0.1, 0.15) is 32.1 Å². The molecule has 0 aromatic rings. The van der Waals surface area contributed by atoms with E-state index in [-0.39, 0.29) is 42.5 Å². The summed E-state index contributed by atoms with van der Waals surface area (Å²) in [6.07, 6.45) is 4.98. The number of carbonyl (C=O) groups excluding carboxylic acids is 2. The predicted molar refractivity (Wildman–Crippen MR) is 103 cm³/mol. The maximum atomic E-state index is 12.8. The molecule has 3 aliphatic rings. The third-order valence-electron chi connectivity index (χ3n) is 5.72. The number of carbonyl (C=O) groups is 2. The number of amides is 2. The van der Waals surface area contributed by atoms with Crippen molar-refractivity contribution in [3.63, 3.8) is 0 Å². The Bertz CT molecular complexity index is 466. The summed E-state index contributed by atoms with van der Waals surface area (Å²) in [5, 5.41) is 3.62. The van der Waals surface area contributed by atoms with E-state index in [2.05, 4.69) is 10.2 Å². The average molecular weight is 395 g/mol. The molecule has 2 bridgehead atoms. The Balaban J connectivity index is 0.00000156. The zero-order valence-electron chi connectivity index (χ0n) is 15.4. The second kappa shape index (κ2) is 9.40. The van der Waals surface area contributed by atoms with E-state index in [0.717, 1.165) is 25.9 Å². The predicted octanol–water partition coefficient (Wildman–Crippen LogP) is 0.982. The summed E-state index contributed by atoms with van der Waals surface area (Å²) in [6, 6.07) is 1.50. The lowest BCUT2D eigenvalue weighted by molar-refractivity contribution is -0.137. The molecule has 3 fully saturated rings. The van der Waals surface area contributed by atoms with Gasteiger partial charge in [0.15, 0.2) is 0 Å². The van der Waals surface area contributed by atoms with Gasteiger partial charge in [-0.1, -0.05) is 0 Å². The van der Waals surface area contributed by atoms with Gasteiger partial charge < -0.3 is 20.0 Å². The van der Waals surface area contributed by atoms with E-state index in [1.54, 1.807) is 0 Å². The van der Waals surface area contributed by atoms with Gasteiger partial charge in [0.25, 0.3) is 0 Å². The van der Waals surface area contributed by atoms with Crippen LogP contribution in [0, 0.1) is 5.92 Å². The van der Waals surface area contributed by atoms with Gasteiger partial charge >= 0.3 is 0 Å². The molecular formula is C17H32Cl2N4O2. The summed E-state index contributed by atoms with van der Waals surface area (Å²) < 4.78 is 0. The molecule has 25 heavy (non-hydrogen) atoms. The second-order valence-electron chi connectivity index (χ2n) is 7.76. The summed E-state index contributed by atoms with van der Waals surface area (Å²) >= 11 is 0. The van der Waals surface area contributed by atoms with Crippen molar-refractivity contribution in [1.82, 2.24) is 20.0 Å². The van der Waals surface area contributed by atoms with Crippen molar-refractivity contribution < 1.29 is 9.59 Å². The highest BCUT2D eigenvalue weighted by atomic mass is 35.5. The lowest BCUT2D eigenvalue weighted by Crippen LogP contribution is -2.50. The number of nitrogens with zero attached hydrogens (tertiary/aromatic N) is 3. The Morgan fingerprint density at radius 1 is 1.16 bits per heavy atom. The summed E-state index contributed by atoms with van der Waals surface area (Å²) in [6.45, 7) is 2.16. The number of halogens is 2. The molecule has 0 aliphatic carbocycles. The highest BCUT2D eigenvalue weighted by Gasteiger charge is 2.40. The largest absolute Gasteiger partial charge is 0.342 e. The fraction of sp³-hybridized carbons (Fsp3) is 0.882. The van der Waals surface area contributed by atoms with Crippen molar-refractivity contribution in [2.75, 3.05) is 40.8 Å². The zero-order valence-corrected chi connectivity index (χ0v) is 17.1. The number of likely N-dealkylation sites (tertiary alicyclic amines) is 1. The molecule has 0 spiro atoms. The van der Waals surface area contributed by atoms with Crippen molar-refractivity contribution in [3.05, 3.63) is 0 Å². The van der Waals surface area contributed by atoms with E-state index < -0.39 is 0 Å². The van der Waals surface area contributed by atoms with Gasteiger partial charge in [0, 0.05) is 51.2 Å². The van der Waals surface area contributed by atoms with E-state index in [0.29, 0.717) is 31.1 Å². The number of hydrogen-bond acceptors (Lipinski definition) is 4. The molecule has 3 aliphatic heterocycles. The molecular weight excluding hydrogens is 363 g/mol. The van der Waals surface area contributed by atoms with Gasteiger partial charge in [0.05, 0.1) is 5.92 Å². The molecule has 3 saturated heterocycles. The summed E-state index contributed by atoms with van der Waals surface area (Å²) in [5.74, 6) is 0.142. The van der Waals surface area contributed by atoms with Crippen LogP contribution in [0.2, 0.25) is 0 Å². The van der Waals surface area contributed by atoms with Gasteiger partial charge in [-0.2, -0.15) is 0 Å². The number of hydrogen-bond donors (Lipinski definition) is 1. The first-order valence-electron chi connectivity index (χ1n) is 8.89. The minimum absolute atomic E-state index is 0. The first kappa shape index (κ1) is 22.5. The van der Waals surface area contributed by atoms with E-state index >= 15 is 0 Å². The molecule has 2 amide bonds. The number of piperidine rings is 1. The molecule has 0 saturated carbocycles. The minimum Gasteiger partial charge on any atom is -0.342 e. The summed E-state index contributed by atoms with van der Waals surface area (Å²) in [7, 11) is 5.94. The number of fused-ring (bicyclic) bond motifs is 2. The monoisotopic (exact) mass is 394 g/mol. The van der Waals surface area contributed by atoms with Crippen molar-refractivity contribution in [2.45, 2.75) is 50.2 Å². The number of rotatable bonds is 5. The normalized spacial score (nSPS) is 30.9. The van der Waals surface area contributed by atoms with E-state index in [9.17, 15) is 9.59 Å². The van der Waals surface area contributed by atoms with Crippen LogP contribution in [0.25, 0.3) is 0 Å². The van der Waals surface area contributed by atoms with Crippen LogP contribution in [0.5, 0.6) is 0 Å². The van der Waals surface area contributed by atoms with E-state index in [1.807, 2.05) is 30.9 Å². The van der Waals surface area contributed by atoms with Crippen molar-refractivity contribution >= 4 is 36.6 Å². The molecule has 3 heterocycles. The van der Waals surface area contributed by atoms with Gasteiger partial charge in [-0.25, -0.2) is 0 Å². The van der Waals surface area contributed by atoms with Crippen LogP contribution in [0.4, 0.5) is 0 Å². The van der Waals surface area contributed by atoms with Crippen molar-refractivity contribution in [1.29, 1.82) is 0 Å². The van der Waals surface area contributed by atoms with E-state index in [1.165, 1.54) is 12.8 Å². The Hall–Kier alpha value is -0.560. The minimum atomic E-state index is -0.151. The molecule has 146 valence electrons. The standard InChI is InChI=1S/C17H30N4O2.2ClH/c1-19(2)6-7-21-11-12(8-16(21)22)17(23)20(3)15-9-13-4-5-14(10-15)18-13;;/h12-15,18H,4-11H2,1-3H3;2*1H. The first-order valence-corrected chi connectivity index (χ1v) is 8.89. The Morgan fingerprint density at radius 2 is 1.76 bits per heavy atom. The second-order valence-corrected chi connectivity index (χ2v) is 7.76. The Kier molecular flexibility index (Phi) is 8.45. The van der Waals surface area contributed by atoms with E-state index in [4.69, 9.17) is 0 Å². The van der Waals surface area contributed by atoms with Crippen LogP contribution < -0.4 is 5.32 Å². The van der Waals surface area contributed by atoms with Crippen LogP contribution in [-0.2, 0) is 9.59 Å². The van der Waals surface area contributed by atoms with Gasteiger partial charge in [0.1, 0.15) is 0 Å². The first-order chi connectivity index (χ1) is 10.9. The third-order valence-corrected chi connectivity index (χ3v) is 5.72. The fourth-order valence-corrected chi connectivity index (χ4v) is 4.29. The van der Waals surface area contributed by atoms with Gasteiger partial charge in [0.2, 0.25) is 11.8 Å². The summed E-state index contributed by atoms with van der Waals surface area (Å²) in [4.78, 5) is 30.8. The van der Waals surface area contributed by atoms with Crippen LogP contribution >= 0.6 is 24.8 Å². The molecule has 6 nitrogen and oxygen atoms in total. The van der Waals surface area contributed by atoms with Crippen LogP contribution in [-0.4, -0.2) is 85.4 Å². The number of nitrogens with one attached hydrogen (secondary N) is 1. The van der Waals surface area contributed by atoms with Gasteiger partial charge in [-0.3, -0.25) is 9.59 Å². The zero-order chi connectivity index (χ0) is 16.6. The number of likely N-dealkylation sites (N-methyl/N-ethyl adjacent to an activating group) is 1. The molecule has 0 radical (unpaired) electrons. The van der Waals surface area contributed by atoms with Gasteiger partial charge in [-0.15, -0.1) is 24.8 Å². The fourth-order valence-electron chi connectivity index (χ4n) is 4.29. The van der Waals surface area contributed by atoms with Crippen molar-refractivity contribution in [3.8, 4) is 0 Å². The van der Waals surface area contributed by atoms with Crippen LogP contribution in [0.15, 0.2) is 0 Å². The molecule has 8 heteroatoms. The molecule has 0 aromatic carbocycles. The highest BCUT2D eigenvalue weighted by Crippen LogP contribution is 2.30. The maximum Gasteiger partial charge on any atom is 0.227 e. The molecule has 1 N–H and O–H groups in total. The molecule has 3 rings (SSSR count). The quantitative estimate of drug-likeness (QED) is 0.754.